The van der Waals surface area contributed by atoms with Crippen molar-refractivity contribution in [1.82, 2.24) is 0 Å². The number of hydrogen-bond acceptors (Lipinski definition) is 3. The number of rotatable bonds is 1. The highest BCUT2D eigenvalue weighted by Gasteiger charge is 2.33. The van der Waals surface area contributed by atoms with Crippen molar-refractivity contribution in [1.29, 1.82) is 0 Å². The smallest absolute Gasteiger partial charge is 0.0733 e. The normalized spacial score (nSPS) is 22.8. The minimum absolute atomic E-state index is 0.193. The summed E-state index contributed by atoms with van der Waals surface area (Å²) < 4.78 is 0. The van der Waals surface area contributed by atoms with Gasteiger partial charge in [-0.25, -0.2) is 0 Å². The molecule has 0 unspecified atom stereocenters. The van der Waals surface area contributed by atoms with Gasteiger partial charge < -0.3 is 10.1 Å². The zero-order valence-corrected chi connectivity index (χ0v) is 10.9. The maximum absolute atomic E-state index is 8.58. The van der Waals surface area contributed by atoms with E-state index in [1.807, 2.05) is 6.07 Å². The Balaban J connectivity index is 2.49. The number of hydrogen-bond donors (Lipinski definition) is 1. The molecule has 0 aromatic heterocycles. The average molecular weight is 232 g/mol. The monoisotopic (exact) mass is 232 g/mol. The molecule has 3 nitrogen and oxygen atoms in total. The van der Waals surface area contributed by atoms with E-state index in [1.54, 1.807) is 0 Å². The molecular formula is C14H20N2O. The van der Waals surface area contributed by atoms with Gasteiger partial charge in [0.05, 0.1) is 6.21 Å². The van der Waals surface area contributed by atoms with Crippen molar-refractivity contribution in [2.75, 3.05) is 11.9 Å². The largest absolute Gasteiger partial charge is 0.411 e. The van der Waals surface area contributed by atoms with E-state index in [0.717, 1.165) is 12.0 Å². The van der Waals surface area contributed by atoms with Gasteiger partial charge in [-0.3, -0.25) is 0 Å². The first kappa shape index (κ1) is 12.0. The number of nitrogens with zero attached hydrogens (tertiary/aromatic N) is 2. The molecule has 92 valence electrons. The van der Waals surface area contributed by atoms with E-state index in [0.29, 0.717) is 5.92 Å². The zero-order valence-electron chi connectivity index (χ0n) is 10.9. The van der Waals surface area contributed by atoms with E-state index in [1.165, 1.54) is 17.5 Å². The van der Waals surface area contributed by atoms with E-state index < -0.39 is 0 Å². The molecule has 17 heavy (non-hydrogen) atoms. The third kappa shape index (κ3) is 2.02. The molecule has 1 aromatic rings. The highest BCUT2D eigenvalue weighted by atomic mass is 16.4. The lowest BCUT2D eigenvalue weighted by Gasteiger charge is -2.45. The van der Waals surface area contributed by atoms with Crippen molar-refractivity contribution in [3.8, 4) is 0 Å². The molecule has 0 fully saturated rings. The van der Waals surface area contributed by atoms with Crippen LogP contribution in [-0.2, 0) is 0 Å². The van der Waals surface area contributed by atoms with Gasteiger partial charge in [-0.1, -0.05) is 18.1 Å². The van der Waals surface area contributed by atoms with Crippen LogP contribution >= 0.6 is 0 Å². The number of anilines is 1. The highest BCUT2D eigenvalue weighted by molar-refractivity contribution is 5.81. The Bertz CT molecular complexity index is 452. The number of oxime groups is 1. The summed E-state index contributed by atoms with van der Waals surface area (Å²) in [7, 11) is 2.14. The van der Waals surface area contributed by atoms with Crippen molar-refractivity contribution in [3.63, 3.8) is 0 Å². The van der Waals surface area contributed by atoms with Crippen LogP contribution in [-0.4, -0.2) is 24.0 Å². The predicted octanol–water partition coefficient (Wildman–Crippen LogP) is 3.22. The molecular weight excluding hydrogens is 212 g/mol. The Morgan fingerprint density at radius 3 is 2.82 bits per heavy atom. The second-order valence-corrected chi connectivity index (χ2v) is 5.54. The molecule has 1 aliphatic rings. The van der Waals surface area contributed by atoms with Crippen molar-refractivity contribution < 1.29 is 5.21 Å². The summed E-state index contributed by atoms with van der Waals surface area (Å²) in [6.45, 7) is 6.80. The Morgan fingerprint density at radius 2 is 2.18 bits per heavy atom. The van der Waals surface area contributed by atoms with Crippen LogP contribution in [0.25, 0.3) is 0 Å². The highest BCUT2D eigenvalue weighted by Crippen LogP contribution is 2.42. The van der Waals surface area contributed by atoms with Gasteiger partial charge in [-0.15, -0.1) is 0 Å². The lowest BCUT2D eigenvalue weighted by molar-refractivity contribution is 0.322. The van der Waals surface area contributed by atoms with Crippen LogP contribution in [0.15, 0.2) is 23.4 Å². The fourth-order valence-electron chi connectivity index (χ4n) is 2.74. The molecule has 1 atom stereocenters. The van der Waals surface area contributed by atoms with Gasteiger partial charge in [0.25, 0.3) is 0 Å². The second-order valence-electron chi connectivity index (χ2n) is 5.54. The molecule has 1 N–H and O–H groups in total. The molecule has 1 aromatic carbocycles. The third-order valence-corrected chi connectivity index (χ3v) is 3.86. The summed E-state index contributed by atoms with van der Waals surface area (Å²) in [6.07, 6.45) is 2.61. The maximum atomic E-state index is 8.58. The summed E-state index contributed by atoms with van der Waals surface area (Å²) in [5.41, 5.74) is 3.76. The minimum atomic E-state index is 0.193. The standard InChI is InChI=1S/C14H20N2O/c1-10-8-14(2,3)16(4)13-6-5-11(9-15-17)7-12(10)13/h5-7,9-10,17H,8H2,1-4H3/b15-9-/t10-/m1/s1. The Morgan fingerprint density at radius 1 is 1.47 bits per heavy atom. The third-order valence-electron chi connectivity index (χ3n) is 3.86. The van der Waals surface area contributed by atoms with Crippen LogP contribution in [0.4, 0.5) is 5.69 Å². The molecule has 0 saturated carbocycles. The molecule has 0 bridgehead atoms. The maximum Gasteiger partial charge on any atom is 0.0733 e. The van der Waals surface area contributed by atoms with Gasteiger partial charge in [-0.05, 0) is 49.4 Å². The van der Waals surface area contributed by atoms with E-state index in [-0.39, 0.29) is 5.54 Å². The molecule has 0 amide bonds. The van der Waals surface area contributed by atoms with E-state index >= 15 is 0 Å². The lowest BCUT2D eigenvalue weighted by Crippen LogP contribution is -2.45. The van der Waals surface area contributed by atoms with Crippen molar-refractivity contribution >= 4 is 11.9 Å². The van der Waals surface area contributed by atoms with Crippen molar-refractivity contribution in [2.24, 2.45) is 5.16 Å². The van der Waals surface area contributed by atoms with Gasteiger partial charge in [0.1, 0.15) is 0 Å². The Labute approximate surface area is 103 Å². The topological polar surface area (TPSA) is 35.8 Å². The summed E-state index contributed by atoms with van der Waals surface area (Å²) in [4.78, 5) is 2.34. The molecule has 3 heteroatoms. The fourth-order valence-corrected chi connectivity index (χ4v) is 2.74. The minimum Gasteiger partial charge on any atom is -0.411 e. The summed E-state index contributed by atoms with van der Waals surface area (Å²) in [6, 6.07) is 6.22. The van der Waals surface area contributed by atoms with Crippen LogP contribution < -0.4 is 4.90 Å². The van der Waals surface area contributed by atoms with Gasteiger partial charge in [0.2, 0.25) is 0 Å². The van der Waals surface area contributed by atoms with E-state index in [2.05, 4.69) is 50.0 Å². The summed E-state index contributed by atoms with van der Waals surface area (Å²) >= 11 is 0. The first-order valence-electron chi connectivity index (χ1n) is 6.01. The molecule has 0 radical (unpaired) electrons. The van der Waals surface area contributed by atoms with Gasteiger partial charge in [0, 0.05) is 18.3 Å². The fraction of sp³-hybridized carbons (Fsp3) is 0.500. The van der Waals surface area contributed by atoms with Gasteiger partial charge in [0.15, 0.2) is 0 Å². The van der Waals surface area contributed by atoms with Gasteiger partial charge in [-0.2, -0.15) is 0 Å². The van der Waals surface area contributed by atoms with Crippen LogP contribution in [0.5, 0.6) is 0 Å². The summed E-state index contributed by atoms with van der Waals surface area (Å²) in [5, 5.41) is 11.7. The molecule has 1 heterocycles. The lowest BCUT2D eigenvalue weighted by atomic mass is 9.80. The average Bonchev–Trinajstić information content (AvgIpc) is 2.26. The van der Waals surface area contributed by atoms with Crippen LogP contribution in [0.2, 0.25) is 0 Å². The number of fused-ring (bicyclic) bond motifs is 1. The molecule has 0 spiro atoms. The first-order chi connectivity index (χ1) is 7.95. The van der Waals surface area contributed by atoms with Crippen molar-refractivity contribution in [2.45, 2.75) is 38.6 Å². The van der Waals surface area contributed by atoms with E-state index in [4.69, 9.17) is 5.21 Å². The zero-order chi connectivity index (χ0) is 12.6. The molecule has 1 aliphatic heterocycles. The van der Waals surface area contributed by atoms with Crippen LogP contribution in [0.3, 0.4) is 0 Å². The quantitative estimate of drug-likeness (QED) is 0.458. The molecule has 0 aliphatic carbocycles. The molecule has 2 rings (SSSR count). The Kier molecular flexibility index (Phi) is 2.86. The molecule has 0 saturated heterocycles. The summed E-state index contributed by atoms with van der Waals surface area (Å²) in [5.74, 6) is 0.531. The second kappa shape index (κ2) is 4.06. The Hall–Kier alpha value is -1.51. The van der Waals surface area contributed by atoms with E-state index in [9.17, 15) is 0 Å². The van der Waals surface area contributed by atoms with Crippen molar-refractivity contribution in [3.05, 3.63) is 29.3 Å². The first-order valence-corrected chi connectivity index (χ1v) is 6.01. The SMILES string of the molecule is C[C@@H]1CC(C)(C)N(C)c2ccc(/C=N\O)cc21. The van der Waals surface area contributed by atoms with Crippen LogP contribution in [0, 0.1) is 0 Å². The van der Waals surface area contributed by atoms with Crippen LogP contribution in [0.1, 0.15) is 44.2 Å². The number of benzene rings is 1. The predicted molar refractivity (Wildman–Crippen MR) is 71.3 cm³/mol. The van der Waals surface area contributed by atoms with Gasteiger partial charge >= 0.3 is 0 Å².